The highest BCUT2D eigenvalue weighted by molar-refractivity contribution is 5.89. The standard InChI is InChI=1S/C13H16FNO3/c14-12-4-3-10(6-11(12)13(16)17)15-7-9-2-1-5-18-8-9/h3-4,6,9,15H,1-2,5,7-8H2,(H,16,17). The van der Waals surface area contributed by atoms with Gasteiger partial charge in [0.2, 0.25) is 0 Å². The van der Waals surface area contributed by atoms with E-state index in [0.717, 1.165) is 26.1 Å². The first-order valence-electron chi connectivity index (χ1n) is 6.01. The van der Waals surface area contributed by atoms with Crippen molar-refractivity contribution in [3.05, 3.63) is 29.6 Å². The van der Waals surface area contributed by atoms with Crippen molar-refractivity contribution in [3.8, 4) is 0 Å². The van der Waals surface area contributed by atoms with Crippen LogP contribution in [0.15, 0.2) is 18.2 Å². The first kappa shape index (κ1) is 12.8. The molecule has 1 aliphatic heterocycles. The Hall–Kier alpha value is -1.62. The van der Waals surface area contributed by atoms with Gasteiger partial charge in [-0.1, -0.05) is 0 Å². The van der Waals surface area contributed by atoms with Gasteiger partial charge in [0, 0.05) is 18.8 Å². The fraction of sp³-hybridized carbons (Fsp3) is 0.462. The average Bonchev–Trinajstić information content (AvgIpc) is 2.38. The van der Waals surface area contributed by atoms with Gasteiger partial charge in [-0.25, -0.2) is 9.18 Å². The minimum Gasteiger partial charge on any atom is -0.478 e. The molecule has 0 aliphatic carbocycles. The van der Waals surface area contributed by atoms with Crippen molar-refractivity contribution in [2.75, 3.05) is 25.1 Å². The SMILES string of the molecule is O=C(O)c1cc(NCC2CCCOC2)ccc1F. The summed E-state index contributed by atoms with van der Waals surface area (Å²) in [6, 6.07) is 4.04. The quantitative estimate of drug-likeness (QED) is 0.864. The zero-order valence-corrected chi connectivity index (χ0v) is 9.99. The Labute approximate surface area is 105 Å². The fourth-order valence-electron chi connectivity index (χ4n) is 2.03. The predicted octanol–water partition coefficient (Wildman–Crippen LogP) is 2.36. The number of hydrogen-bond acceptors (Lipinski definition) is 3. The van der Waals surface area contributed by atoms with Crippen LogP contribution in [0.3, 0.4) is 0 Å². The minimum absolute atomic E-state index is 0.306. The summed E-state index contributed by atoms with van der Waals surface area (Å²) in [6.07, 6.45) is 2.15. The van der Waals surface area contributed by atoms with E-state index in [0.29, 0.717) is 18.2 Å². The maximum atomic E-state index is 13.2. The van der Waals surface area contributed by atoms with Gasteiger partial charge >= 0.3 is 5.97 Å². The molecule has 2 N–H and O–H groups in total. The van der Waals surface area contributed by atoms with Gasteiger partial charge in [-0.3, -0.25) is 0 Å². The second-order valence-electron chi connectivity index (χ2n) is 4.46. The molecular formula is C13H16FNO3. The van der Waals surface area contributed by atoms with Crippen LogP contribution in [-0.2, 0) is 4.74 Å². The largest absolute Gasteiger partial charge is 0.478 e. The number of anilines is 1. The van der Waals surface area contributed by atoms with Crippen molar-refractivity contribution in [2.45, 2.75) is 12.8 Å². The van der Waals surface area contributed by atoms with Crippen molar-refractivity contribution in [1.29, 1.82) is 0 Å². The molecule has 0 radical (unpaired) electrons. The first-order chi connectivity index (χ1) is 8.66. The Bertz CT molecular complexity index is 430. The number of benzene rings is 1. The zero-order valence-electron chi connectivity index (χ0n) is 9.99. The number of carboxylic acid groups (broad SMARTS) is 1. The van der Waals surface area contributed by atoms with Gasteiger partial charge in [0.15, 0.2) is 0 Å². The predicted molar refractivity (Wildman–Crippen MR) is 65.4 cm³/mol. The van der Waals surface area contributed by atoms with E-state index in [1.54, 1.807) is 6.07 Å². The summed E-state index contributed by atoms with van der Waals surface area (Å²) in [5.74, 6) is -1.54. The number of hydrogen-bond donors (Lipinski definition) is 2. The van der Waals surface area contributed by atoms with Crippen LogP contribution < -0.4 is 5.32 Å². The lowest BCUT2D eigenvalue weighted by Crippen LogP contribution is -2.24. The van der Waals surface area contributed by atoms with Crippen molar-refractivity contribution in [1.82, 2.24) is 0 Å². The van der Waals surface area contributed by atoms with Gasteiger partial charge in [-0.05, 0) is 37.0 Å². The summed E-state index contributed by atoms with van der Waals surface area (Å²) in [5, 5.41) is 11.9. The topological polar surface area (TPSA) is 58.6 Å². The van der Waals surface area contributed by atoms with E-state index in [1.807, 2.05) is 0 Å². The van der Waals surface area contributed by atoms with Crippen LogP contribution in [0, 0.1) is 11.7 Å². The molecule has 18 heavy (non-hydrogen) atoms. The van der Waals surface area contributed by atoms with Crippen LogP contribution in [-0.4, -0.2) is 30.8 Å². The van der Waals surface area contributed by atoms with E-state index in [9.17, 15) is 9.18 Å². The molecule has 2 rings (SSSR count). The molecule has 0 amide bonds. The van der Waals surface area contributed by atoms with E-state index < -0.39 is 11.8 Å². The van der Waals surface area contributed by atoms with Crippen molar-refractivity contribution < 1.29 is 19.0 Å². The van der Waals surface area contributed by atoms with Crippen LogP contribution >= 0.6 is 0 Å². The van der Waals surface area contributed by atoms with E-state index >= 15 is 0 Å². The lowest BCUT2D eigenvalue weighted by molar-refractivity contribution is 0.0595. The molecule has 1 heterocycles. The number of aromatic carboxylic acids is 1. The highest BCUT2D eigenvalue weighted by atomic mass is 19.1. The molecule has 1 saturated heterocycles. The number of nitrogens with one attached hydrogen (secondary N) is 1. The Morgan fingerprint density at radius 2 is 2.39 bits per heavy atom. The highest BCUT2D eigenvalue weighted by Gasteiger charge is 2.14. The first-order valence-corrected chi connectivity index (χ1v) is 6.01. The Kier molecular flexibility index (Phi) is 4.15. The maximum Gasteiger partial charge on any atom is 0.338 e. The Morgan fingerprint density at radius 1 is 1.56 bits per heavy atom. The Balaban J connectivity index is 1.96. The fourth-order valence-corrected chi connectivity index (χ4v) is 2.03. The van der Waals surface area contributed by atoms with Crippen LogP contribution in [0.25, 0.3) is 0 Å². The van der Waals surface area contributed by atoms with Gasteiger partial charge in [0.25, 0.3) is 0 Å². The smallest absolute Gasteiger partial charge is 0.338 e. The molecule has 4 nitrogen and oxygen atoms in total. The molecule has 1 atom stereocenters. The number of ether oxygens (including phenoxy) is 1. The molecule has 0 bridgehead atoms. The molecule has 1 aliphatic rings. The highest BCUT2D eigenvalue weighted by Crippen LogP contribution is 2.18. The molecule has 1 unspecified atom stereocenters. The lowest BCUT2D eigenvalue weighted by Gasteiger charge is -2.22. The molecule has 98 valence electrons. The van der Waals surface area contributed by atoms with E-state index in [-0.39, 0.29) is 5.56 Å². The summed E-state index contributed by atoms with van der Waals surface area (Å²) < 4.78 is 18.5. The zero-order chi connectivity index (χ0) is 13.0. The minimum atomic E-state index is -1.25. The second kappa shape index (κ2) is 5.82. The summed E-state index contributed by atoms with van der Waals surface area (Å²) in [6.45, 7) is 2.25. The third kappa shape index (κ3) is 3.20. The molecule has 0 aromatic heterocycles. The summed E-state index contributed by atoms with van der Waals surface area (Å²) in [5.41, 5.74) is 0.319. The molecule has 0 spiro atoms. The van der Waals surface area contributed by atoms with Crippen LogP contribution in [0.1, 0.15) is 23.2 Å². The monoisotopic (exact) mass is 253 g/mol. The maximum absolute atomic E-state index is 13.2. The third-order valence-corrected chi connectivity index (χ3v) is 3.05. The van der Waals surface area contributed by atoms with Crippen LogP contribution in [0.4, 0.5) is 10.1 Å². The van der Waals surface area contributed by atoms with E-state index in [2.05, 4.69) is 5.32 Å². The number of carboxylic acids is 1. The summed E-state index contributed by atoms with van der Waals surface area (Å²) in [4.78, 5) is 10.8. The van der Waals surface area contributed by atoms with Crippen molar-refractivity contribution >= 4 is 11.7 Å². The molecule has 0 saturated carbocycles. The molecule has 1 fully saturated rings. The van der Waals surface area contributed by atoms with Gasteiger partial charge in [0.1, 0.15) is 5.82 Å². The van der Waals surface area contributed by atoms with Gasteiger partial charge in [-0.2, -0.15) is 0 Å². The Morgan fingerprint density at radius 3 is 3.06 bits per heavy atom. The average molecular weight is 253 g/mol. The number of halogens is 1. The van der Waals surface area contributed by atoms with Gasteiger partial charge in [0.05, 0.1) is 12.2 Å². The normalized spacial score (nSPS) is 19.5. The molecule has 1 aromatic carbocycles. The summed E-state index contributed by atoms with van der Waals surface area (Å²) in [7, 11) is 0. The molecule has 1 aromatic rings. The van der Waals surface area contributed by atoms with Crippen molar-refractivity contribution in [3.63, 3.8) is 0 Å². The van der Waals surface area contributed by atoms with Gasteiger partial charge in [-0.15, -0.1) is 0 Å². The van der Waals surface area contributed by atoms with Gasteiger partial charge < -0.3 is 15.2 Å². The third-order valence-electron chi connectivity index (χ3n) is 3.05. The second-order valence-corrected chi connectivity index (χ2v) is 4.46. The van der Waals surface area contributed by atoms with Crippen LogP contribution in [0.5, 0.6) is 0 Å². The number of rotatable bonds is 4. The number of carbonyl (C=O) groups is 1. The molecular weight excluding hydrogens is 237 g/mol. The van der Waals surface area contributed by atoms with Crippen LogP contribution in [0.2, 0.25) is 0 Å². The molecule has 5 heteroatoms. The van der Waals surface area contributed by atoms with E-state index in [1.165, 1.54) is 12.1 Å². The van der Waals surface area contributed by atoms with Crippen molar-refractivity contribution in [2.24, 2.45) is 5.92 Å². The summed E-state index contributed by atoms with van der Waals surface area (Å²) >= 11 is 0. The lowest BCUT2D eigenvalue weighted by atomic mass is 10.0. The van der Waals surface area contributed by atoms with E-state index in [4.69, 9.17) is 9.84 Å².